The van der Waals surface area contributed by atoms with E-state index in [0.29, 0.717) is 6.54 Å². The lowest BCUT2D eigenvalue weighted by atomic mass is 9.74. The number of anilines is 2. The Morgan fingerprint density at radius 3 is 2.26 bits per heavy atom. The van der Waals surface area contributed by atoms with Gasteiger partial charge in [-0.3, -0.25) is 9.80 Å². The minimum absolute atomic E-state index is 0.148. The van der Waals surface area contributed by atoms with Crippen LogP contribution in [-0.4, -0.2) is 30.6 Å². The number of fused-ring (bicyclic) bond motifs is 2. The number of para-hydroxylation sites is 1. The minimum atomic E-state index is -0.238. The Bertz CT molecular complexity index is 1240. The molecule has 3 aromatic carbocycles. The van der Waals surface area contributed by atoms with Gasteiger partial charge < -0.3 is 5.32 Å². The Morgan fingerprint density at radius 2 is 1.60 bits per heavy atom. The van der Waals surface area contributed by atoms with Crippen LogP contribution in [0.15, 0.2) is 54.6 Å². The van der Waals surface area contributed by atoms with Crippen LogP contribution in [0.5, 0.6) is 0 Å². The number of benzene rings is 3. The van der Waals surface area contributed by atoms with Gasteiger partial charge in [-0.2, -0.15) is 0 Å². The highest BCUT2D eigenvalue weighted by Gasteiger charge is 2.46. The summed E-state index contributed by atoms with van der Waals surface area (Å²) in [6.45, 7) is 11.6. The van der Waals surface area contributed by atoms with Crippen molar-refractivity contribution in [3.63, 3.8) is 0 Å². The molecule has 1 spiro atoms. The summed E-state index contributed by atoms with van der Waals surface area (Å²) in [6.07, 6.45) is 1.81. The van der Waals surface area contributed by atoms with Crippen LogP contribution in [0.1, 0.15) is 46.2 Å². The highest BCUT2D eigenvalue weighted by atomic mass is 19.1. The largest absolute Gasteiger partial charge is 0.326 e. The molecule has 1 N–H and O–H groups in total. The first-order valence-corrected chi connectivity index (χ1v) is 12.5. The Hall–Kier alpha value is -3.18. The number of aryl methyl sites for hydroxylation is 4. The third-order valence-corrected chi connectivity index (χ3v) is 7.74. The van der Waals surface area contributed by atoms with Crippen molar-refractivity contribution in [3.05, 3.63) is 93.8 Å². The van der Waals surface area contributed by atoms with Crippen molar-refractivity contribution in [2.75, 3.05) is 29.9 Å². The summed E-state index contributed by atoms with van der Waals surface area (Å²) in [7, 11) is 0. The summed E-state index contributed by atoms with van der Waals surface area (Å²) in [5.74, 6) is -0.238. The summed E-state index contributed by atoms with van der Waals surface area (Å²) >= 11 is 0. The fourth-order valence-corrected chi connectivity index (χ4v) is 5.99. The third-order valence-electron chi connectivity index (χ3n) is 7.74. The number of likely N-dealkylation sites (tertiary alicyclic amines) is 1. The van der Waals surface area contributed by atoms with Crippen molar-refractivity contribution in [3.8, 4) is 0 Å². The van der Waals surface area contributed by atoms with Crippen LogP contribution >= 0.6 is 0 Å². The van der Waals surface area contributed by atoms with Gasteiger partial charge in [0.15, 0.2) is 0 Å². The van der Waals surface area contributed by atoms with Crippen LogP contribution in [0.4, 0.5) is 20.6 Å². The van der Waals surface area contributed by atoms with E-state index in [0.717, 1.165) is 60.5 Å². The summed E-state index contributed by atoms with van der Waals surface area (Å²) in [6, 6.07) is 17.5. The number of nitrogens with zero attached hydrogens (tertiary/aromatic N) is 2. The van der Waals surface area contributed by atoms with Gasteiger partial charge in [0.2, 0.25) is 0 Å². The first-order chi connectivity index (χ1) is 16.7. The molecular formula is C30H34FN3O. The van der Waals surface area contributed by atoms with Crippen molar-refractivity contribution in [1.82, 2.24) is 4.90 Å². The molecule has 0 aliphatic carbocycles. The van der Waals surface area contributed by atoms with E-state index in [-0.39, 0.29) is 17.3 Å². The fraction of sp³-hybridized carbons (Fsp3) is 0.367. The molecule has 5 heteroatoms. The molecule has 182 valence electrons. The number of piperidine rings is 1. The lowest BCUT2D eigenvalue weighted by Crippen LogP contribution is -2.46. The number of nitrogens with one attached hydrogen (secondary N) is 1. The molecular weight excluding hydrogens is 437 g/mol. The number of halogens is 1. The van der Waals surface area contributed by atoms with Gasteiger partial charge in [-0.05, 0) is 94.1 Å². The molecule has 5 rings (SSSR count). The number of carbonyl (C=O) groups is 1. The molecule has 0 unspecified atom stereocenters. The quantitative estimate of drug-likeness (QED) is 0.464. The summed E-state index contributed by atoms with van der Waals surface area (Å²) in [4.78, 5) is 17.8. The Labute approximate surface area is 207 Å². The van der Waals surface area contributed by atoms with Crippen LogP contribution in [0.3, 0.4) is 0 Å². The summed E-state index contributed by atoms with van der Waals surface area (Å²) in [5.41, 5.74) is 8.43. The van der Waals surface area contributed by atoms with Crippen molar-refractivity contribution in [2.45, 2.75) is 52.5 Å². The second kappa shape index (κ2) is 9.12. The molecule has 0 aromatic heterocycles. The maximum Gasteiger partial charge on any atom is 0.326 e. The summed E-state index contributed by atoms with van der Waals surface area (Å²) < 4.78 is 14.4. The second-order valence-corrected chi connectivity index (χ2v) is 10.5. The predicted octanol–water partition coefficient (Wildman–Crippen LogP) is 6.65. The van der Waals surface area contributed by atoms with Gasteiger partial charge in [-0.15, -0.1) is 0 Å². The Balaban J connectivity index is 1.36. The zero-order valence-corrected chi connectivity index (χ0v) is 21.1. The molecule has 4 nitrogen and oxygen atoms in total. The van der Waals surface area contributed by atoms with Gasteiger partial charge in [-0.25, -0.2) is 9.18 Å². The average Bonchev–Trinajstić information content (AvgIpc) is 3.11. The SMILES string of the molecule is Cc1cc(C)cc(CN2CCC3(CC2)CN(C(=O)Nc2c(C)cccc2C)c2ccc(F)cc23)c1. The van der Waals surface area contributed by atoms with Crippen molar-refractivity contribution in [1.29, 1.82) is 0 Å². The Kier molecular flexibility index (Phi) is 6.14. The van der Waals surface area contributed by atoms with Gasteiger partial charge in [0.1, 0.15) is 5.82 Å². The van der Waals surface area contributed by atoms with Gasteiger partial charge >= 0.3 is 6.03 Å². The van der Waals surface area contributed by atoms with E-state index in [9.17, 15) is 9.18 Å². The molecule has 0 bridgehead atoms. The first-order valence-electron chi connectivity index (χ1n) is 12.5. The number of carbonyl (C=O) groups excluding carboxylic acids is 1. The number of urea groups is 1. The molecule has 2 heterocycles. The maximum absolute atomic E-state index is 14.4. The maximum atomic E-state index is 14.4. The number of amides is 2. The molecule has 35 heavy (non-hydrogen) atoms. The lowest BCUT2D eigenvalue weighted by Gasteiger charge is -2.40. The van der Waals surface area contributed by atoms with Gasteiger partial charge in [0.25, 0.3) is 0 Å². The van der Waals surface area contributed by atoms with Crippen LogP contribution < -0.4 is 10.2 Å². The standard InChI is InChI=1S/C30H34FN3O/c1-20-14-21(2)16-24(15-20)18-33-12-10-30(11-13-33)19-34(27-9-8-25(31)17-26(27)30)29(35)32-28-22(3)6-5-7-23(28)4/h5-9,14-17H,10-13,18-19H2,1-4H3,(H,32,35). The molecule has 1 saturated heterocycles. The monoisotopic (exact) mass is 471 g/mol. The van der Waals surface area contributed by atoms with Crippen LogP contribution in [0.2, 0.25) is 0 Å². The van der Waals surface area contributed by atoms with E-state index in [2.05, 4.69) is 42.3 Å². The van der Waals surface area contributed by atoms with E-state index < -0.39 is 0 Å². The van der Waals surface area contributed by atoms with Crippen molar-refractivity contribution < 1.29 is 9.18 Å². The van der Waals surface area contributed by atoms with E-state index in [4.69, 9.17) is 0 Å². The number of rotatable bonds is 3. The molecule has 3 aromatic rings. The van der Waals surface area contributed by atoms with Crippen molar-refractivity contribution >= 4 is 17.4 Å². The zero-order chi connectivity index (χ0) is 24.7. The molecule has 0 radical (unpaired) electrons. The van der Waals surface area contributed by atoms with E-state index in [1.807, 2.05) is 36.9 Å². The Morgan fingerprint density at radius 1 is 0.943 bits per heavy atom. The van der Waals surface area contributed by atoms with E-state index in [1.54, 1.807) is 12.1 Å². The second-order valence-electron chi connectivity index (χ2n) is 10.5. The predicted molar refractivity (Wildman–Crippen MR) is 141 cm³/mol. The van der Waals surface area contributed by atoms with Gasteiger partial charge in [0.05, 0.1) is 0 Å². The highest BCUT2D eigenvalue weighted by Crippen LogP contribution is 2.47. The van der Waals surface area contributed by atoms with Gasteiger partial charge in [0, 0.05) is 29.9 Å². The highest BCUT2D eigenvalue weighted by molar-refractivity contribution is 6.04. The van der Waals surface area contributed by atoms with E-state index >= 15 is 0 Å². The van der Waals surface area contributed by atoms with Crippen LogP contribution in [-0.2, 0) is 12.0 Å². The minimum Gasteiger partial charge on any atom is -0.307 e. The summed E-state index contributed by atoms with van der Waals surface area (Å²) in [5, 5.41) is 3.13. The average molecular weight is 472 g/mol. The topological polar surface area (TPSA) is 35.6 Å². The van der Waals surface area contributed by atoms with Crippen molar-refractivity contribution in [2.24, 2.45) is 0 Å². The first kappa shape index (κ1) is 23.6. The molecule has 2 aliphatic heterocycles. The smallest absolute Gasteiger partial charge is 0.307 e. The van der Waals surface area contributed by atoms with E-state index in [1.165, 1.54) is 22.8 Å². The molecule has 0 saturated carbocycles. The van der Waals surface area contributed by atoms with Crippen LogP contribution in [0.25, 0.3) is 0 Å². The van der Waals surface area contributed by atoms with Gasteiger partial charge in [-0.1, -0.05) is 47.5 Å². The fourth-order valence-electron chi connectivity index (χ4n) is 5.99. The normalized spacial score (nSPS) is 17.0. The lowest BCUT2D eigenvalue weighted by molar-refractivity contribution is 0.160. The number of hydrogen-bond donors (Lipinski definition) is 1. The van der Waals surface area contributed by atoms with Crippen LogP contribution in [0, 0.1) is 33.5 Å². The molecule has 0 atom stereocenters. The number of hydrogen-bond acceptors (Lipinski definition) is 2. The molecule has 2 amide bonds. The molecule has 1 fully saturated rings. The molecule has 2 aliphatic rings. The zero-order valence-electron chi connectivity index (χ0n) is 21.1. The third kappa shape index (κ3) is 4.57.